The lowest BCUT2D eigenvalue weighted by Gasteiger charge is -2.12. The molecule has 2 aromatic carbocycles. The van der Waals surface area contributed by atoms with E-state index in [0.29, 0.717) is 5.56 Å². The first-order valence-electron chi connectivity index (χ1n) is 7.75. The molecule has 3 aromatic rings. The fourth-order valence-electron chi connectivity index (χ4n) is 2.74. The van der Waals surface area contributed by atoms with E-state index >= 15 is 0 Å². The molecule has 0 aliphatic rings. The van der Waals surface area contributed by atoms with E-state index in [1.807, 2.05) is 0 Å². The van der Waals surface area contributed by atoms with Crippen LogP contribution in [0.1, 0.15) is 16.7 Å². The Hall–Kier alpha value is -1.97. The zero-order valence-electron chi connectivity index (χ0n) is 13.6. The van der Waals surface area contributed by atoms with Gasteiger partial charge >= 0.3 is 12.4 Å². The van der Waals surface area contributed by atoms with E-state index in [0.717, 1.165) is 23.9 Å². The highest BCUT2D eigenvalue weighted by atomic mass is 127. The van der Waals surface area contributed by atoms with Crippen molar-refractivity contribution >= 4 is 22.6 Å². The van der Waals surface area contributed by atoms with Gasteiger partial charge in [-0.15, -0.1) is 0 Å². The van der Waals surface area contributed by atoms with Gasteiger partial charge in [-0.25, -0.2) is 0 Å². The van der Waals surface area contributed by atoms with Crippen LogP contribution in [-0.4, -0.2) is 4.57 Å². The van der Waals surface area contributed by atoms with Gasteiger partial charge in [-0.1, -0.05) is 42.5 Å². The van der Waals surface area contributed by atoms with Crippen molar-refractivity contribution in [2.45, 2.75) is 18.9 Å². The van der Waals surface area contributed by atoms with Crippen LogP contribution in [0.15, 0.2) is 60.8 Å². The molecule has 0 aliphatic carbocycles. The Bertz CT molecular complexity index is 924. The summed E-state index contributed by atoms with van der Waals surface area (Å²) < 4.78 is 79.7. The maximum atomic E-state index is 13.4. The largest absolute Gasteiger partial charge is 0.418 e. The summed E-state index contributed by atoms with van der Waals surface area (Å²) in [5, 5.41) is 0. The van der Waals surface area contributed by atoms with Crippen LogP contribution in [0.5, 0.6) is 0 Å². The van der Waals surface area contributed by atoms with Crippen molar-refractivity contribution in [2.75, 3.05) is 0 Å². The Morgan fingerprint density at radius 2 is 1.37 bits per heavy atom. The Morgan fingerprint density at radius 1 is 0.778 bits per heavy atom. The Morgan fingerprint density at radius 3 is 1.89 bits per heavy atom. The summed E-state index contributed by atoms with van der Waals surface area (Å²) in [6, 6.07) is 13.0. The van der Waals surface area contributed by atoms with Crippen LogP contribution in [-0.2, 0) is 18.9 Å². The number of benzene rings is 2. The second-order valence-electron chi connectivity index (χ2n) is 5.89. The first-order valence-corrected chi connectivity index (χ1v) is 8.82. The third-order valence-electron chi connectivity index (χ3n) is 4.00. The summed E-state index contributed by atoms with van der Waals surface area (Å²) >= 11 is 1.60. The molecule has 0 aliphatic heterocycles. The number of rotatable bonds is 3. The summed E-state index contributed by atoms with van der Waals surface area (Å²) in [5.74, 6) is 0. The predicted octanol–water partition coefficient (Wildman–Crippen LogP) is 6.85. The smallest absolute Gasteiger partial charge is 0.342 e. The van der Waals surface area contributed by atoms with Crippen molar-refractivity contribution in [3.8, 4) is 11.3 Å². The van der Waals surface area contributed by atoms with Crippen LogP contribution in [0.2, 0.25) is 0 Å². The molecule has 0 N–H and O–H groups in total. The molecule has 0 atom stereocenters. The van der Waals surface area contributed by atoms with Crippen molar-refractivity contribution in [2.24, 2.45) is 0 Å². The van der Waals surface area contributed by atoms with Crippen molar-refractivity contribution in [1.82, 2.24) is 4.57 Å². The van der Waals surface area contributed by atoms with Crippen molar-refractivity contribution < 1.29 is 26.3 Å². The lowest BCUT2D eigenvalue weighted by molar-refractivity contribution is -0.138. The summed E-state index contributed by atoms with van der Waals surface area (Å²) in [5.41, 5.74) is -0.350. The molecule has 1 heterocycles. The lowest BCUT2D eigenvalue weighted by Crippen LogP contribution is -2.05. The number of nitrogens with zero attached hydrogens (tertiary/aromatic N) is 1. The average Bonchev–Trinajstić information content (AvgIpc) is 2.91. The molecule has 142 valence electrons. The summed E-state index contributed by atoms with van der Waals surface area (Å²) in [4.78, 5) is 0. The van der Waals surface area contributed by atoms with E-state index in [9.17, 15) is 26.3 Å². The normalized spacial score (nSPS) is 12.4. The fourth-order valence-corrected chi connectivity index (χ4v) is 3.81. The number of hydrogen-bond donors (Lipinski definition) is 0. The van der Waals surface area contributed by atoms with Gasteiger partial charge in [-0.3, -0.25) is 0 Å². The SMILES string of the molecule is FC(F)(F)c1ccc(-c2c(I)c(C(F)(F)F)cn2Cc2ccccc2)cc1. The van der Waals surface area contributed by atoms with Crippen LogP contribution in [0.25, 0.3) is 11.3 Å². The molecule has 27 heavy (non-hydrogen) atoms. The molecule has 1 nitrogen and oxygen atoms in total. The van der Waals surface area contributed by atoms with E-state index in [1.165, 1.54) is 16.7 Å². The van der Waals surface area contributed by atoms with Gasteiger partial charge in [0.25, 0.3) is 0 Å². The van der Waals surface area contributed by atoms with Gasteiger partial charge in [0.2, 0.25) is 0 Å². The van der Waals surface area contributed by atoms with Gasteiger partial charge in [0.15, 0.2) is 0 Å². The molecule has 0 spiro atoms. The average molecular weight is 495 g/mol. The first-order chi connectivity index (χ1) is 12.6. The highest BCUT2D eigenvalue weighted by molar-refractivity contribution is 14.1. The molecular weight excluding hydrogens is 483 g/mol. The van der Waals surface area contributed by atoms with E-state index < -0.39 is 23.5 Å². The standard InChI is InChI=1S/C19H12F6IN/c20-18(21,22)14-8-6-13(7-9-14)17-16(26)15(19(23,24)25)11-27(17)10-12-4-2-1-3-5-12/h1-9,11H,10H2. The van der Waals surface area contributed by atoms with E-state index in [1.54, 1.807) is 52.9 Å². The van der Waals surface area contributed by atoms with E-state index in [2.05, 4.69) is 0 Å². The van der Waals surface area contributed by atoms with Crippen molar-refractivity contribution in [1.29, 1.82) is 0 Å². The zero-order valence-corrected chi connectivity index (χ0v) is 15.7. The van der Waals surface area contributed by atoms with Gasteiger partial charge in [-0.05, 0) is 45.9 Å². The highest BCUT2D eigenvalue weighted by Gasteiger charge is 2.37. The first kappa shape index (κ1) is 19.8. The number of aromatic nitrogens is 1. The number of hydrogen-bond acceptors (Lipinski definition) is 0. The summed E-state index contributed by atoms with van der Waals surface area (Å²) in [6.07, 6.45) is -8.06. The van der Waals surface area contributed by atoms with Crippen LogP contribution in [0, 0.1) is 3.57 Å². The molecule has 0 radical (unpaired) electrons. The van der Waals surface area contributed by atoms with Crippen molar-refractivity contribution in [3.63, 3.8) is 0 Å². The molecule has 3 rings (SSSR count). The van der Waals surface area contributed by atoms with Gasteiger partial charge in [0, 0.05) is 12.7 Å². The quantitative estimate of drug-likeness (QED) is 0.277. The van der Waals surface area contributed by atoms with Crippen LogP contribution in [0.4, 0.5) is 26.3 Å². The monoisotopic (exact) mass is 495 g/mol. The maximum Gasteiger partial charge on any atom is 0.418 e. The predicted molar refractivity (Wildman–Crippen MR) is 98.1 cm³/mol. The minimum absolute atomic E-state index is 0.0456. The second-order valence-corrected chi connectivity index (χ2v) is 6.97. The lowest BCUT2D eigenvalue weighted by atomic mass is 10.1. The molecule has 0 saturated heterocycles. The zero-order chi connectivity index (χ0) is 19.8. The van der Waals surface area contributed by atoms with Crippen LogP contribution >= 0.6 is 22.6 Å². The molecule has 1 aromatic heterocycles. The summed E-state index contributed by atoms with van der Waals surface area (Å²) in [7, 11) is 0. The Balaban J connectivity index is 2.11. The second kappa shape index (κ2) is 7.21. The summed E-state index contributed by atoms with van der Waals surface area (Å²) in [6.45, 7) is 0.170. The van der Waals surface area contributed by atoms with Gasteiger partial charge < -0.3 is 4.57 Å². The van der Waals surface area contributed by atoms with Crippen LogP contribution < -0.4 is 0 Å². The fraction of sp³-hybridized carbons (Fsp3) is 0.158. The number of halogens is 7. The third-order valence-corrected chi connectivity index (χ3v) is 5.10. The van der Waals surface area contributed by atoms with Crippen molar-refractivity contribution in [3.05, 3.63) is 81.1 Å². The van der Waals surface area contributed by atoms with Crippen LogP contribution in [0.3, 0.4) is 0 Å². The molecule has 0 saturated carbocycles. The molecule has 0 bridgehead atoms. The maximum absolute atomic E-state index is 13.4. The third kappa shape index (κ3) is 4.31. The number of alkyl halides is 6. The van der Waals surface area contributed by atoms with Gasteiger partial charge in [0.05, 0.1) is 20.4 Å². The minimum Gasteiger partial charge on any atom is -0.342 e. The molecule has 0 fully saturated rings. The Labute approximate surface area is 164 Å². The van der Waals surface area contributed by atoms with Gasteiger partial charge in [-0.2, -0.15) is 26.3 Å². The van der Waals surface area contributed by atoms with E-state index in [4.69, 9.17) is 0 Å². The molecular formula is C19H12F6IN. The molecule has 8 heteroatoms. The van der Waals surface area contributed by atoms with E-state index in [-0.39, 0.29) is 15.8 Å². The Kier molecular flexibility index (Phi) is 5.29. The topological polar surface area (TPSA) is 4.93 Å². The molecule has 0 amide bonds. The molecule has 0 unspecified atom stereocenters. The highest BCUT2D eigenvalue weighted by Crippen LogP contribution is 2.40. The van der Waals surface area contributed by atoms with Gasteiger partial charge in [0.1, 0.15) is 0 Å². The minimum atomic E-state index is -4.56.